The second-order valence-electron chi connectivity index (χ2n) is 7.80. The fraction of sp³-hybridized carbons (Fsp3) is 0.909. The van der Waals surface area contributed by atoms with Crippen LogP contribution in [0.15, 0.2) is 0 Å². The molecule has 0 aliphatic heterocycles. The van der Waals surface area contributed by atoms with E-state index in [4.69, 9.17) is 10.2 Å². The monoisotopic (exact) mass is 412 g/mol. The standard InChI is InChI=1S/C22H42O4.Ca.2H/c1-3-5-7-8-9-10-11-12-13-15-17-19(16-14-6-4-2)18-20(21(23)24)22(25)26;;;/h19-20H,3-18H2,1-2H3,(H,23,24)(H,25,26);;;/q;+2;2*-1. The first kappa shape index (κ1) is 29.4. The minimum atomic E-state index is -1.25. The van der Waals surface area contributed by atoms with Gasteiger partial charge in [0.15, 0.2) is 5.92 Å². The molecule has 0 aromatic carbocycles. The van der Waals surface area contributed by atoms with Crippen LogP contribution in [0.4, 0.5) is 0 Å². The SMILES string of the molecule is CCCCCCCCCCCCC(CCCCC)CC(C(=O)O)C(=O)O.[Ca+2].[H-].[H-]. The summed E-state index contributed by atoms with van der Waals surface area (Å²) in [5, 5.41) is 18.3. The molecular formula is C22H44CaO4. The number of hydrogen-bond acceptors (Lipinski definition) is 2. The molecule has 0 amide bonds. The number of carboxylic acids is 2. The van der Waals surface area contributed by atoms with Crippen molar-refractivity contribution in [1.82, 2.24) is 0 Å². The van der Waals surface area contributed by atoms with Gasteiger partial charge in [-0.1, -0.05) is 110 Å². The molecule has 4 nitrogen and oxygen atoms in total. The molecule has 0 aromatic rings. The Labute approximate surface area is 199 Å². The second kappa shape index (κ2) is 20.9. The van der Waals surface area contributed by atoms with E-state index in [1.807, 2.05) is 0 Å². The van der Waals surface area contributed by atoms with Crippen LogP contribution in [0.2, 0.25) is 0 Å². The third-order valence-electron chi connectivity index (χ3n) is 5.35. The van der Waals surface area contributed by atoms with Gasteiger partial charge in [0.2, 0.25) is 0 Å². The smallest absolute Gasteiger partial charge is 1.00 e. The zero-order valence-corrected chi connectivity index (χ0v) is 20.1. The summed E-state index contributed by atoms with van der Waals surface area (Å²) in [6, 6.07) is 0. The van der Waals surface area contributed by atoms with Crippen LogP contribution in [-0.4, -0.2) is 59.9 Å². The normalized spacial score (nSPS) is 12.0. The molecule has 5 heteroatoms. The summed E-state index contributed by atoms with van der Waals surface area (Å²) in [6.45, 7) is 4.39. The maximum Gasteiger partial charge on any atom is 2.00 e. The van der Waals surface area contributed by atoms with Crippen molar-refractivity contribution in [2.24, 2.45) is 11.8 Å². The van der Waals surface area contributed by atoms with Crippen LogP contribution >= 0.6 is 0 Å². The Morgan fingerprint density at radius 3 is 1.41 bits per heavy atom. The van der Waals surface area contributed by atoms with Gasteiger partial charge in [0.1, 0.15) is 0 Å². The molecule has 0 heterocycles. The summed E-state index contributed by atoms with van der Waals surface area (Å²) in [5.41, 5.74) is 0. The van der Waals surface area contributed by atoms with E-state index >= 15 is 0 Å². The van der Waals surface area contributed by atoms with Crippen LogP contribution in [0.1, 0.15) is 119 Å². The van der Waals surface area contributed by atoms with Crippen molar-refractivity contribution in [3.63, 3.8) is 0 Å². The average molecular weight is 413 g/mol. The van der Waals surface area contributed by atoms with Gasteiger partial charge in [0.25, 0.3) is 0 Å². The van der Waals surface area contributed by atoms with Crippen LogP contribution in [-0.2, 0) is 9.59 Å². The van der Waals surface area contributed by atoms with Crippen LogP contribution < -0.4 is 0 Å². The first-order valence-corrected chi connectivity index (χ1v) is 11.0. The molecule has 0 saturated heterocycles. The Morgan fingerprint density at radius 1 is 0.667 bits per heavy atom. The molecule has 1 unspecified atom stereocenters. The Bertz CT molecular complexity index is 357. The third-order valence-corrected chi connectivity index (χ3v) is 5.35. The molecule has 0 fully saturated rings. The van der Waals surface area contributed by atoms with Crippen molar-refractivity contribution in [3.05, 3.63) is 0 Å². The van der Waals surface area contributed by atoms with Crippen molar-refractivity contribution >= 4 is 49.7 Å². The molecule has 1 atom stereocenters. The van der Waals surface area contributed by atoms with Crippen molar-refractivity contribution in [3.8, 4) is 0 Å². The molecule has 0 aromatic heterocycles. The molecule has 0 aliphatic rings. The van der Waals surface area contributed by atoms with Crippen LogP contribution in [0.3, 0.4) is 0 Å². The van der Waals surface area contributed by atoms with Crippen molar-refractivity contribution in [1.29, 1.82) is 0 Å². The first-order chi connectivity index (χ1) is 12.5. The van der Waals surface area contributed by atoms with Crippen LogP contribution in [0.25, 0.3) is 0 Å². The summed E-state index contributed by atoms with van der Waals surface area (Å²) >= 11 is 0. The number of unbranched alkanes of at least 4 members (excludes halogenated alkanes) is 11. The zero-order chi connectivity index (χ0) is 19.6. The fourth-order valence-corrected chi connectivity index (χ4v) is 3.62. The minimum Gasteiger partial charge on any atom is -1.00 e. The minimum absolute atomic E-state index is 0. The fourth-order valence-electron chi connectivity index (χ4n) is 3.62. The molecule has 2 N–H and O–H groups in total. The van der Waals surface area contributed by atoms with E-state index in [9.17, 15) is 9.59 Å². The van der Waals surface area contributed by atoms with E-state index in [2.05, 4.69) is 13.8 Å². The largest absolute Gasteiger partial charge is 2.00 e. The van der Waals surface area contributed by atoms with E-state index in [0.29, 0.717) is 0 Å². The molecular weight excluding hydrogens is 368 g/mol. The van der Waals surface area contributed by atoms with Gasteiger partial charge < -0.3 is 13.1 Å². The van der Waals surface area contributed by atoms with Gasteiger partial charge in [-0.05, 0) is 12.3 Å². The molecule has 0 bridgehead atoms. The molecule has 0 radical (unpaired) electrons. The van der Waals surface area contributed by atoms with Gasteiger partial charge >= 0.3 is 49.7 Å². The zero-order valence-electron chi connectivity index (χ0n) is 19.9. The molecule has 0 rings (SSSR count). The van der Waals surface area contributed by atoms with E-state index in [1.54, 1.807) is 0 Å². The van der Waals surface area contributed by atoms with Gasteiger partial charge in [0, 0.05) is 0 Å². The first-order valence-electron chi connectivity index (χ1n) is 11.0. The summed E-state index contributed by atoms with van der Waals surface area (Å²) in [6.07, 6.45) is 18.4. The predicted molar refractivity (Wildman–Crippen MR) is 115 cm³/mol. The molecule has 0 spiro atoms. The number of carbonyl (C=O) groups is 2. The summed E-state index contributed by atoms with van der Waals surface area (Å²) < 4.78 is 0. The van der Waals surface area contributed by atoms with Crippen molar-refractivity contribution in [2.75, 3.05) is 0 Å². The Hall–Kier alpha value is 0.200. The van der Waals surface area contributed by atoms with Gasteiger partial charge in [-0.2, -0.15) is 0 Å². The average Bonchev–Trinajstić information content (AvgIpc) is 2.60. The maximum absolute atomic E-state index is 11.2. The number of hydrogen-bond donors (Lipinski definition) is 2. The predicted octanol–water partition coefficient (Wildman–Crippen LogP) is 6.51. The van der Waals surface area contributed by atoms with E-state index < -0.39 is 17.9 Å². The van der Waals surface area contributed by atoms with Gasteiger partial charge in [-0.3, -0.25) is 9.59 Å². The molecule has 0 saturated carbocycles. The topological polar surface area (TPSA) is 74.6 Å². The molecule has 158 valence electrons. The Kier molecular flexibility index (Phi) is 22.8. The Morgan fingerprint density at radius 2 is 1.00 bits per heavy atom. The summed E-state index contributed by atoms with van der Waals surface area (Å²) in [5.74, 6) is -3.40. The number of carboxylic acid groups (broad SMARTS) is 2. The number of aliphatic carboxylic acids is 2. The van der Waals surface area contributed by atoms with Gasteiger partial charge in [0.05, 0.1) is 0 Å². The van der Waals surface area contributed by atoms with E-state index in [1.165, 1.54) is 57.8 Å². The van der Waals surface area contributed by atoms with E-state index in [0.717, 1.165) is 38.5 Å². The summed E-state index contributed by atoms with van der Waals surface area (Å²) in [4.78, 5) is 22.3. The van der Waals surface area contributed by atoms with Crippen molar-refractivity contribution < 1.29 is 22.7 Å². The Balaban J connectivity index is -0.00000104. The van der Waals surface area contributed by atoms with E-state index in [-0.39, 0.29) is 52.9 Å². The van der Waals surface area contributed by atoms with Crippen LogP contribution in [0, 0.1) is 11.8 Å². The molecule has 0 aliphatic carbocycles. The quantitative estimate of drug-likeness (QED) is 0.144. The van der Waals surface area contributed by atoms with Gasteiger partial charge in [-0.15, -0.1) is 0 Å². The van der Waals surface area contributed by atoms with Crippen molar-refractivity contribution in [2.45, 2.75) is 117 Å². The summed E-state index contributed by atoms with van der Waals surface area (Å²) in [7, 11) is 0. The maximum atomic E-state index is 11.2. The molecule has 27 heavy (non-hydrogen) atoms. The third kappa shape index (κ3) is 18.0. The second-order valence-corrected chi connectivity index (χ2v) is 7.80. The van der Waals surface area contributed by atoms with Crippen LogP contribution in [0.5, 0.6) is 0 Å². The number of rotatable bonds is 19. The van der Waals surface area contributed by atoms with Gasteiger partial charge in [-0.25, -0.2) is 0 Å².